The lowest BCUT2D eigenvalue weighted by Crippen LogP contribution is -2.35. The standard InChI is InChI=1S/C13H18N6O2/c1-3-6-19-12(15-9-16-19)10(2)17-11(20)8-18-7-4-5-14-13(18)21/h4-5,7,9-10H,3,6,8H2,1-2H3,(H,17,20)/t10-/m0/s1. The van der Waals surface area contributed by atoms with Crippen LogP contribution in [0.3, 0.4) is 0 Å². The Kier molecular flexibility index (Phi) is 4.81. The Balaban J connectivity index is 2.01. The summed E-state index contributed by atoms with van der Waals surface area (Å²) in [6, 6.07) is 1.33. The number of rotatable bonds is 6. The van der Waals surface area contributed by atoms with Crippen molar-refractivity contribution >= 4 is 5.91 Å². The molecule has 0 saturated heterocycles. The van der Waals surface area contributed by atoms with E-state index < -0.39 is 5.69 Å². The molecule has 1 amide bonds. The fraction of sp³-hybridized carbons (Fsp3) is 0.462. The Morgan fingerprint density at radius 1 is 1.43 bits per heavy atom. The molecule has 8 heteroatoms. The van der Waals surface area contributed by atoms with Crippen molar-refractivity contribution in [1.29, 1.82) is 0 Å². The number of carbonyl (C=O) groups excluding carboxylic acids is 1. The molecule has 0 aromatic carbocycles. The first-order valence-corrected chi connectivity index (χ1v) is 6.80. The quantitative estimate of drug-likeness (QED) is 0.815. The zero-order valence-corrected chi connectivity index (χ0v) is 12.1. The molecule has 1 atom stereocenters. The molecule has 0 bridgehead atoms. The van der Waals surface area contributed by atoms with Crippen LogP contribution in [-0.4, -0.2) is 30.2 Å². The first-order valence-electron chi connectivity index (χ1n) is 6.80. The summed E-state index contributed by atoms with van der Waals surface area (Å²) in [4.78, 5) is 31.2. The Morgan fingerprint density at radius 2 is 2.24 bits per heavy atom. The van der Waals surface area contributed by atoms with Gasteiger partial charge in [-0.25, -0.2) is 19.4 Å². The number of amides is 1. The fourth-order valence-corrected chi connectivity index (χ4v) is 2.01. The minimum absolute atomic E-state index is 0.0705. The summed E-state index contributed by atoms with van der Waals surface area (Å²) >= 11 is 0. The van der Waals surface area contributed by atoms with Crippen molar-refractivity contribution in [1.82, 2.24) is 29.6 Å². The van der Waals surface area contributed by atoms with Gasteiger partial charge in [-0.05, 0) is 19.4 Å². The van der Waals surface area contributed by atoms with E-state index in [4.69, 9.17) is 0 Å². The van der Waals surface area contributed by atoms with E-state index in [9.17, 15) is 9.59 Å². The lowest BCUT2D eigenvalue weighted by atomic mass is 10.3. The molecule has 112 valence electrons. The molecule has 2 aromatic rings. The van der Waals surface area contributed by atoms with Crippen LogP contribution < -0.4 is 11.0 Å². The van der Waals surface area contributed by atoms with Gasteiger partial charge in [-0.2, -0.15) is 5.10 Å². The van der Waals surface area contributed by atoms with Gasteiger partial charge in [0.15, 0.2) is 0 Å². The van der Waals surface area contributed by atoms with E-state index in [-0.39, 0.29) is 18.5 Å². The van der Waals surface area contributed by atoms with Gasteiger partial charge in [0, 0.05) is 18.9 Å². The molecule has 21 heavy (non-hydrogen) atoms. The second-order valence-electron chi connectivity index (χ2n) is 4.66. The maximum atomic E-state index is 12.0. The van der Waals surface area contributed by atoms with Crippen molar-refractivity contribution in [2.45, 2.75) is 39.4 Å². The lowest BCUT2D eigenvalue weighted by Gasteiger charge is -2.14. The minimum atomic E-state index is -0.450. The average molecular weight is 290 g/mol. The van der Waals surface area contributed by atoms with Crippen LogP contribution in [0, 0.1) is 0 Å². The van der Waals surface area contributed by atoms with Crippen LogP contribution in [-0.2, 0) is 17.9 Å². The number of nitrogens with zero attached hydrogens (tertiary/aromatic N) is 5. The second kappa shape index (κ2) is 6.78. The number of aromatic nitrogens is 5. The zero-order valence-electron chi connectivity index (χ0n) is 12.1. The molecule has 0 aliphatic rings. The third-order valence-corrected chi connectivity index (χ3v) is 2.94. The second-order valence-corrected chi connectivity index (χ2v) is 4.66. The first kappa shape index (κ1) is 14.9. The molecule has 0 unspecified atom stereocenters. The van der Waals surface area contributed by atoms with Gasteiger partial charge in [0.25, 0.3) is 0 Å². The molecule has 8 nitrogen and oxygen atoms in total. The van der Waals surface area contributed by atoms with Crippen molar-refractivity contribution in [3.8, 4) is 0 Å². The van der Waals surface area contributed by atoms with Gasteiger partial charge in [0.2, 0.25) is 5.91 Å². The number of aryl methyl sites for hydroxylation is 1. The monoisotopic (exact) mass is 290 g/mol. The van der Waals surface area contributed by atoms with E-state index in [1.54, 1.807) is 10.7 Å². The van der Waals surface area contributed by atoms with Gasteiger partial charge in [0.1, 0.15) is 18.7 Å². The summed E-state index contributed by atoms with van der Waals surface area (Å²) in [6.45, 7) is 4.56. The topological polar surface area (TPSA) is 94.7 Å². The van der Waals surface area contributed by atoms with Crippen molar-refractivity contribution in [3.05, 3.63) is 41.1 Å². The number of nitrogens with one attached hydrogen (secondary N) is 1. The van der Waals surface area contributed by atoms with Gasteiger partial charge in [-0.15, -0.1) is 0 Å². The van der Waals surface area contributed by atoms with Crippen molar-refractivity contribution < 1.29 is 4.79 Å². The third-order valence-electron chi connectivity index (χ3n) is 2.94. The minimum Gasteiger partial charge on any atom is -0.345 e. The lowest BCUT2D eigenvalue weighted by molar-refractivity contribution is -0.122. The summed E-state index contributed by atoms with van der Waals surface area (Å²) < 4.78 is 3.01. The molecule has 0 aliphatic heterocycles. The van der Waals surface area contributed by atoms with Crippen molar-refractivity contribution in [3.63, 3.8) is 0 Å². The van der Waals surface area contributed by atoms with Gasteiger partial charge in [-0.1, -0.05) is 6.92 Å². The van der Waals surface area contributed by atoms with E-state index in [1.165, 1.54) is 23.3 Å². The van der Waals surface area contributed by atoms with E-state index >= 15 is 0 Å². The molecule has 0 aliphatic carbocycles. The maximum Gasteiger partial charge on any atom is 0.347 e. The summed E-state index contributed by atoms with van der Waals surface area (Å²) in [5.41, 5.74) is -0.450. The van der Waals surface area contributed by atoms with Crippen LogP contribution in [0.25, 0.3) is 0 Å². The molecule has 2 aromatic heterocycles. The normalized spacial score (nSPS) is 12.1. The summed E-state index contributed by atoms with van der Waals surface area (Å²) in [6.07, 6.45) is 5.33. The molecule has 0 radical (unpaired) electrons. The largest absolute Gasteiger partial charge is 0.347 e. The van der Waals surface area contributed by atoms with Gasteiger partial charge in [0.05, 0.1) is 6.04 Å². The molecule has 2 rings (SSSR count). The molecule has 0 spiro atoms. The van der Waals surface area contributed by atoms with Crippen LogP contribution in [0.4, 0.5) is 0 Å². The van der Waals surface area contributed by atoms with Crippen molar-refractivity contribution in [2.24, 2.45) is 0 Å². The SMILES string of the molecule is CCCn1ncnc1[C@H](C)NC(=O)Cn1cccnc1=O. The molecule has 1 N–H and O–H groups in total. The summed E-state index contributed by atoms with van der Waals surface area (Å²) in [7, 11) is 0. The summed E-state index contributed by atoms with van der Waals surface area (Å²) in [5, 5.41) is 6.93. The maximum absolute atomic E-state index is 12.0. The highest BCUT2D eigenvalue weighted by molar-refractivity contribution is 5.76. The molecule has 0 fully saturated rings. The number of carbonyl (C=O) groups is 1. The average Bonchev–Trinajstić information content (AvgIpc) is 2.90. The predicted molar refractivity (Wildman–Crippen MR) is 75.4 cm³/mol. The van der Waals surface area contributed by atoms with Crippen LogP contribution in [0.15, 0.2) is 29.6 Å². The Hall–Kier alpha value is -2.51. The highest BCUT2D eigenvalue weighted by Gasteiger charge is 2.15. The molecule has 0 saturated carbocycles. The van der Waals surface area contributed by atoms with E-state index in [0.29, 0.717) is 5.82 Å². The fourth-order valence-electron chi connectivity index (χ4n) is 2.01. The highest BCUT2D eigenvalue weighted by atomic mass is 16.2. The van der Waals surface area contributed by atoms with Gasteiger partial charge < -0.3 is 5.32 Å². The predicted octanol–water partition coefficient (Wildman–Crippen LogP) is 0.122. The molecule has 2 heterocycles. The van der Waals surface area contributed by atoms with Crippen LogP contribution >= 0.6 is 0 Å². The molecular weight excluding hydrogens is 272 g/mol. The first-order chi connectivity index (χ1) is 10.1. The zero-order chi connectivity index (χ0) is 15.2. The third kappa shape index (κ3) is 3.74. The van der Waals surface area contributed by atoms with Gasteiger partial charge >= 0.3 is 5.69 Å². The smallest absolute Gasteiger partial charge is 0.345 e. The Bertz CT molecular complexity index is 662. The highest BCUT2D eigenvalue weighted by Crippen LogP contribution is 2.08. The van der Waals surface area contributed by atoms with Crippen LogP contribution in [0.5, 0.6) is 0 Å². The van der Waals surface area contributed by atoms with E-state index in [0.717, 1.165) is 13.0 Å². The molecular formula is C13H18N6O2. The Morgan fingerprint density at radius 3 is 2.95 bits per heavy atom. The van der Waals surface area contributed by atoms with Gasteiger partial charge in [-0.3, -0.25) is 9.36 Å². The summed E-state index contributed by atoms with van der Waals surface area (Å²) in [5.74, 6) is 0.424. The Labute approximate surface area is 121 Å². The number of hydrogen-bond donors (Lipinski definition) is 1. The van der Waals surface area contributed by atoms with Crippen LogP contribution in [0.1, 0.15) is 32.1 Å². The van der Waals surface area contributed by atoms with E-state index in [1.807, 2.05) is 13.8 Å². The number of hydrogen-bond acceptors (Lipinski definition) is 5. The van der Waals surface area contributed by atoms with Crippen LogP contribution in [0.2, 0.25) is 0 Å². The van der Waals surface area contributed by atoms with E-state index in [2.05, 4.69) is 20.4 Å². The van der Waals surface area contributed by atoms with Crippen molar-refractivity contribution in [2.75, 3.05) is 0 Å².